The van der Waals surface area contributed by atoms with Gasteiger partial charge < -0.3 is 9.64 Å². The van der Waals surface area contributed by atoms with Crippen LogP contribution in [0.2, 0.25) is 10.0 Å². The van der Waals surface area contributed by atoms with Gasteiger partial charge in [-0.25, -0.2) is 4.68 Å². The largest absolute Gasteiger partial charge is 0.487 e. The molecule has 5 rings (SSSR count). The van der Waals surface area contributed by atoms with Crippen molar-refractivity contribution in [3.05, 3.63) is 111 Å². The number of halogens is 2. The van der Waals surface area contributed by atoms with Crippen molar-refractivity contribution in [2.24, 2.45) is 0 Å². The van der Waals surface area contributed by atoms with Gasteiger partial charge in [0.2, 0.25) is 0 Å². The molecule has 0 N–H and O–H groups in total. The van der Waals surface area contributed by atoms with E-state index in [1.807, 2.05) is 52.0 Å². The van der Waals surface area contributed by atoms with E-state index < -0.39 is 0 Å². The number of aromatic nitrogens is 2. The van der Waals surface area contributed by atoms with Crippen LogP contribution in [0.25, 0.3) is 5.69 Å². The van der Waals surface area contributed by atoms with Crippen LogP contribution in [0.4, 0.5) is 0 Å². The maximum Gasteiger partial charge on any atom is 0.253 e. The number of nitrogens with zero attached hydrogens (tertiary/aromatic N) is 4. The number of carbonyl (C=O) groups excluding carboxylic acids is 1. The van der Waals surface area contributed by atoms with Gasteiger partial charge in [0.05, 0.1) is 16.4 Å². The fourth-order valence-corrected chi connectivity index (χ4v) is 5.14. The Morgan fingerprint density at radius 2 is 1.66 bits per heavy atom. The Hall–Kier alpha value is -3.32. The Morgan fingerprint density at radius 1 is 0.921 bits per heavy atom. The smallest absolute Gasteiger partial charge is 0.253 e. The van der Waals surface area contributed by atoms with Gasteiger partial charge in [-0.3, -0.25) is 9.69 Å². The average Bonchev–Trinajstić information content (AvgIpc) is 3.23. The van der Waals surface area contributed by atoms with Crippen LogP contribution in [0.5, 0.6) is 5.75 Å². The SMILES string of the molecule is Cc1nn(-c2ccccc2)c(C)c1CN1CCN(C(=O)c2cccc(COc3cccc(Cl)c3Cl)c2)CC1. The van der Waals surface area contributed by atoms with Crippen molar-refractivity contribution in [3.63, 3.8) is 0 Å². The minimum Gasteiger partial charge on any atom is -0.487 e. The first kappa shape index (κ1) is 26.3. The summed E-state index contributed by atoms with van der Waals surface area (Å²) in [5.41, 5.74) is 6.08. The molecular formula is C30H30Cl2N4O2. The highest BCUT2D eigenvalue weighted by Gasteiger charge is 2.24. The molecule has 1 amide bonds. The van der Waals surface area contributed by atoms with Crippen molar-refractivity contribution in [2.75, 3.05) is 26.2 Å². The van der Waals surface area contributed by atoms with Crippen LogP contribution in [-0.2, 0) is 13.2 Å². The number of aryl methyl sites for hydroxylation is 1. The number of hydrogen-bond acceptors (Lipinski definition) is 4. The highest BCUT2D eigenvalue weighted by molar-refractivity contribution is 6.42. The third-order valence-electron chi connectivity index (χ3n) is 6.97. The fourth-order valence-electron chi connectivity index (χ4n) is 4.79. The first-order valence-corrected chi connectivity index (χ1v) is 13.4. The number of carbonyl (C=O) groups is 1. The minimum absolute atomic E-state index is 0.0385. The zero-order valence-corrected chi connectivity index (χ0v) is 23.0. The summed E-state index contributed by atoms with van der Waals surface area (Å²) in [6.45, 7) is 8.31. The maximum absolute atomic E-state index is 13.3. The number of rotatable bonds is 7. The van der Waals surface area contributed by atoms with Crippen LogP contribution in [0.1, 0.15) is 32.9 Å². The van der Waals surface area contributed by atoms with Gasteiger partial charge in [0, 0.05) is 49.5 Å². The standard InChI is InChI=1S/C30H30Cl2N4O2/c1-21-26(22(2)36(33-21)25-10-4-3-5-11-25)19-34-14-16-35(17-15-34)30(37)24-9-6-8-23(18-24)20-38-28-13-7-12-27(31)29(28)32/h3-13,18H,14-17,19-20H2,1-2H3. The van der Waals surface area contributed by atoms with E-state index in [4.69, 9.17) is 33.0 Å². The van der Waals surface area contributed by atoms with Crippen LogP contribution in [0, 0.1) is 13.8 Å². The molecule has 0 saturated carbocycles. The molecule has 3 aromatic carbocycles. The molecule has 0 bridgehead atoms. The topological polar surface area (TPSA) is 50.6 Å². The van der Waals surface area contributed by atoms with Gasteiger partial charge in [-0.1, -0.05) is 59.6 Å². The molecule has 4 aromatic rings. The second-order valence-corrected chi connectivity index (χ2v) is 10.3. The molecule has 196 valence electrons. The Balaban J connectivity index is 1.18. The molecule has 0 unspecified atom stereocenters. The molecule has 1 saturated heterocycles. The monoisotopic (exact) mass is 548 g/mol. The van der Waals surface area contributed by atoms with Crippen molar-refractivity contribution in [2.45, 2.75) is 27.0 Å². The lowest BCUT2D eigenvalue weighted by atomic mass is 10.1. The Labute approximate surface area is 233 Å². The quantitative estimate of drug-likeness (QED) is 0.270. The lowest BCUT2D eigenvalue weighted by Crippen LogP contribution is -2.48. The van der Waals surface area contributed by atoms with Gasteiger partial charge in [-0.05, 0) is 55.8 Å². The molecule has 1 aliphatic rings. The Kier molecular flexibility index (Phi) is 8.03. The summed E-state index contributed by atoms with van der Waals surface area (Å²) in [7, 11) is 0. The van der Waals surface area contributed by atoms with Crippen molar-refractivity contribution < 1.29 is 9.53 Å². The molecule has 1 fully saturated rings. The van der Waals surface area contributed by atoms with E-state index in [0.717, 1.165) is 42.3 Å². The summed E-state index contributed by atoms with van der Waals surface area (Å²) < 4.78 is 7.86. The zero-order chi connectivity index (χ0) is 26.6. The molecule has 0 spiro atoms. The van der Waals surface area contributed by atoms with Crippen molar-refractivity contribution in [1.29, 1.82) is 0 Å². The van der Waals surface area contributed by atoms with Gasteiger partial charge in [-0.15, -0.1) is 0 Å². The van der Waals surface area contributed by atoms with Crippen LogP contribution in [0.15, 0.2) is 72.8 Å². The fraction of sp³-hybridized carbons (Fsp3) is 0.267. The van der Waals surface area contributed by atoms with E-state index >= 15 is 0 Å². The first-order valence-electron chi connectivity index (χ1n) is 12.7. The molecule has 8 heteroatoms. The highest BCUT2D eigenvalue weighted by atomic mass is 35.5. The summed E-state index contributed by atoms with van der Waals surface area (Å²) in [6.07, 6.45) is 0. The lowest BCUT2D eigenvalue weighted by Gasteiger charge is -2.35. The molecule has 0 atom stereocenters. The van der Waals surface area contributed by atoms with E-state index in [0.29, 0.717) is 41.1 Å². The molecule has 1 aliphatic heterocycles. The Bertz CT molecular complexity index is 1430. The Morgan fingerprint density at radius 3 is 2.42 bits per heavy atom. The van der Waals surface area contributed by atoms with Gasteiger partial charge in [0.25, 0.3) is 5.91 Å². The average molecular weight is 550 g/mol. The number of amides is 1. The molecule has 6 nitrogen and oxygen atoms in total. The van der Waals surface area contributed by atoms with Crippen LogP contribution in [0.3, 0.4) is 0 Å². The molecule has 38 heavy (non-hydrogen) atoms. The van der Waals surface area contributed by atoms with E-state index in [1.165, 1.54) is 5.56 Å². The summed E-state index contributed by atoms with van der Waals surface area (Å²) >= 11 is 12.3. The van der Waals surface area contributed by atoms with Gasteiger partial charge in [0.15, 0.2) is 0 Å². The van der Waals surface area contributed by atoms with Gasteiger partial charge in [-0.2, -0.15) is 5.10 Å². The van der Waals surface area contributed by atoms with Gasteiger partial charge in [0.1, 0.15) is 17.4 Å². The third kappa shape index (κ3) is 5.73. The van der Waals surface area contributed by atoms with Crippen LogP contribution in [-0.4, -0.2) is 51.7 Å². The summed E-state index contributed by atoms with van der Waals surface area (Å²) in [6, 6.07) is 23.1. The third-order valence-corrected chi connectivity index (χ3v) is 7.77. The van der Waals surface area contributed by atoms with Crippen LogP contribution < -0.4 is 4.74 Å². The zero-order valence-electron chi connectivity index (χ0n) is 21.5. The normalized spacial score (nSPS) is 14.1. The summed E-state index contributed by atoms with van der Waals surface area (Å²) in [5.74, 6) is 0.559. The van der Waals surface area contributed by atoms with Crippen molar-refractivity contribution in [3.8, 4) is 11.4 Å². The predicted octanol–water partition coefficient (Wildman–Crippen LogP) is 6.33. The maximum atomic E-state index is 13.3. The van der Waals surface area contributed by atoms with Crippen molar-refractivity contribution in [1.82, 2.24) is 19.6 Å². The predicted molar refractivity (Wildman–Crippen MR) is 151 cm³/mol. The van der Waals surface area contributed by atoms with Crippen LogP contribution >= 0.6 is 23.2 Å². The number of hydrogen-bond donors (Lipinski definition) is 0. The number of para-hydroxylation sites is 1. The van der Waals surface area contributed by atoms with E-state index in [2.05, 4.69) is 30.9 Å². The first-order chi connectivity index (χ1) is 18.4. The minimum atomic E-state index is 0.0385. The lowest BCUT2D eigenvalue weighted by molar-refractivity contribution is 0.0627. The van der Waals surface area contributed by atoms with Crippen molar-refractivity contribution >= 4 is 29.1 Å². The van der Waals surface area contributed by atoms with E-state index in [-0.39, 0.29) is 5.91 Å². The highest BCUT2D eigenvalue weighted by Crippen LogP contribution is 2.32. The molecule has 2 heterocycles. The van der Waals surface area contributed by atoms with E-state index in [1.54, 1.807) is 18.2 Å². The van der Waals surface area contributed by atoms with Gasteiger partial charge >= 0.3 is 0 Å². The molecular weight excluding hydrogens is 519 g/mol. The summed E-state index contributed by atoms with van der Waals surface area (Å²) in [5, 5.41) is 5.61. The molecule has 0 aliphatic carbocycles. The van der Waals surface area contributed by atoms with E-state index in [9.17, 15) is 4.79 Å². The number of ether oxygens (including phenoxy) is 1. The summed E-state index contributed by atoms with van der Waals surface area (Å²) in [4.78, 5) is 17.6. The molecule has 0 radical (unpaired) electrons. The number of benzene rings is 3. The second kappa shape index (κ2) is 11.6. The second-order valence-electron chi connectivity index (χ2n) is 9.51. The number of piperazine rings is 1. The molecule has 1 aromatic heterocycles.